The third-order valence-corrected chi connectivity index (χ3v) is 9.91. The van der Waals surface area contributed by atoms with Crippen molar-refractivity contribution in [2.24, 2.45) is 12.5 Å². The van der Waals surface area contributed by atoms with Crippen molar-refractivity contribution in [3.05, 3.63) is 101 Å². The molecule has 2 N–H and O–H groups in total. The maximum absolute atomic E-state index is 13.8. The highest BCUT2D eigenvalue weighted by molar-refractivity contribution is 5.93. The molecule has 11 nitrogen and oxygen atoms in total. The fourth-order valence-corrected chi connectivity index (χ4v) is 7.10. The van der Waals surface area contributed by atoms with E-state index >= 15 is 0 Å². The number of hydrogen-bond acceptors (Lipinski definition) is 8. The zero-order chi connectivity index (χ0) is 33.1. The van der Waals surface area contributed by atoms with E-state index in [1.807, 2.05) is 71.8 Å². The van der Waals surface area contributed by atoms with Crippen LogP contribution in [0.1, 0.15) is 43.2 Å². The van der Waals surface area contributed by atoms with Gasteiger partial charge in [0.15, 0.2) is 5.82 Å². The lowest BCUT2D eigenvalue weighted by molar-refractivity contribution is -0.0985. The molecule has 3 fully saturated rings. The van der Waals surface area contributed by atoms with Gasteiger partial charge in [-0.2, -0.15) is 10.2 Å². The molecular formula is C37H40N8O3. The number of rotatable bonds is 8. The molecule has 1 saturated carbocycles. The lowest BCUT2D eigenvalue weighted by Crippen LogP contribution is -2.48. The molecule has 4 heterocycles. The van der Waals surface area contributed by atoms with Crippen molar-refractivity contribution in [3.8, 4) is 17.2 Å². The quantitative estimate of drug-likeness (QED) is 0.272. The van der Waals surface area contributed by atoms with E-state index in [1.54, 1.807) is 23.9 Å². The Hall–Kier alpha value is -5.21. The summed E-state index contributed by atoms with van der Waals surface area (Å²) < 4.78 is 7.05. The molecule has 4 aromatic rings. The maximum atomic E-state index is 13.8. The summed E-state index contributed by atoms with van der Waals surface area (Å²) in [6, 6.07) is 23.5. The van der Waals surface area contributed by atoms with E-state index in [4.69, 9.17) is 9.72 Å². The summed E-state index contributed by atoms with van der Waals surface area (Å²) in [5, 5.41) is 16.4. The molecular weight excluding hydrogens is 604 g/mol. The number of nitrogens with zero attached hydrogens (tertiary/aromatic N) is 6. The van der Waals surface area contributed by atoms with Gasteiger partial charge < -0.3 is 24.8 Å². The van der Waals surface area contributed by atoms with Gasteiger partial charge in [0.25, 0.3) is 0 Å². The molecule has 2 aliphatic heterocycles. The van der Waals surface area contributed by atoms with E-state index in [0.717, 1.165) is 80.8 Å². The number of anilines is 3. The standard InChI is InChI=1S/C37H40N8O3/c1-43-22-28(9-16-33(43)46)27-7-12-31(13-8-27)45(36(47)40-20-26-5-3-2-4-6-26)32-14-10-30(11-15-32)41-35-39-21-29(19-38)34(42-35)44-18-17-37(23-44)24-48-25-37/h2-9,12-13,16,21-22,30,32H,10-11,14-15,17-18,20,23-25H2,1H3,(H,40,47)(H,39,41,42). The zero-order valence-corrected chi connectivity index (χ0v) is 27.1. The van der Waals surface area contributed by atoms with Crippen LogP contribution in [0.25, 0.3) is 11.1 Å². The minimum atomic E-state index is -0.134. The van der Waals surface area contributed by atoms with Gasteiger partial charge in [-0.15, -0.1) is 0 Å². The third kappa shape index (κ3) is 6.62. The van der Waals surface area contributed by atoms with Crippen LogP contribution in [0.3, 0.4) is 0 Å². The molecule has 1 spiro atoms. The van der Waals surface area contributed by atoms with Crippen LogP contribution in [-0.2, 0) is 18.3 Å². The van der Waals surface area contributed by atoms with Gasteiger partial charge >= 0.3 is 6.03 Å². The Morgan fingerprint density at radius 3 is 2.46 bits per heavy atom. The lowest BCUT2D eigenvalue weighted by Gasteiger charge is -2.38. The first kappa shape index (κ1) is 31.4. The topological polar surface area (TPSA) is 128 Å². The zero-order valence-electron chi connectivity index (χ0n) is 27.1. The molecule has 1 aliphatic carbocycles. The SMILES string of the molecule is Cn1cc(-c2ccc(N(C(=O)NCc3ccccc3)C3CCC(Nc4ncc(C#N)c(N5CCC6(COC6)C5)n4)CC3)cc2)ccc1=O. The molecule has 0 bridgehead atoms. The van der Waals surface area contributed by atoms with Crippen LogP contribution >= 0.6 is 0 Å². The molecule has 2 aromatic carbocycles. The summed E-state index contributed by atoms with van der Waals surface area (Å²) in [6.45, 7) is 3.68. The van der Waals surface area contributed by atoms with Crippen LogP contribution in [0.15, 0.2) is 83.9 Å². The molecule has 2 saturated heterocycles. The first-order valence-corrected chi connectivity index (χ1v) is 16.6. The largest absolute Gasteiger partial charge is 0.380 e. The van der Waals surface area contributed by atoms with Crippen molar-refractivity contribution < 1.29 is 9.53 Å². The molecule has 3 aliphatic rings. The molecule has 246 valence electrons. The van der Waals surface area contributed by atoms with Crippen LogP contribution < -0.4 is 26.0 Å². The number of nitrogens with one attached hydrogen (secondary N) is 2. The first-order valence-electron chi connectivity index (χ1n) is 16.6. The Labute approximate surface area is 280 Å². The van der Waals surface area contributed by atoms with Gasteiger partial charge in [0, 0.05) is 62.1 Å². The Morgan fingerprint density at radius 2 is 1.79 bits per heavy atom. The second-order valence-corrected chi connectivity index (χ2v) is 13.3. The van der Waals surface area contributed by atoms with Gasteiger partial charge in [0.1, 0.15) is 11.6 Å². The van der Waals surface area contributed by atoms with Crippen LogP contribution in [0.5, 0.6) is 0 Å². The second kappa shape index (κ2) is 13.5. The fourth-order valence-electron chi connectivity index (χ4n) is 7.10. The average Bonchev–Trinajstić information content (AvgIpc) is 3.57. The molecule has 0 unspecified atom stereocenters. The number of aryl methyl sites for hydroxylation is 1. The van der Waals surface area contributed by atoms with Crippen molar-refractivity contribution >= 4 is 23.5 Å². The summed E-state index contributed by atoms with van der Waals surface area (Å²) in [6.07, 6.45) is 7.77. The number of carbonyl (C=O) groups excluding carboxylic acids is 1. The maximum Gasteiger partial charge on any atom is 0.322 e. The summed E-state index contributed by atoms with van der Waals surface area (Å²) in [4.78, 5) is 39.1. The van der Waals surface area contributed by atoms with Crippen molar-refractivity contribution in [2.75, 3.05) is 41.4 Å². The van der Waals surface area contributed by atoms with Gasteiger partial charge in [-0.1, -0.05) is 42.5 Å². The third-order valence-electron chi connectivity index (χ3n) is 9.91. The van der Waals surface area contributed by atoms with Gasteiger partial charge in [0.2, 0.25) is 11.5 Å². The molecule has 48 heavy (non-hydrogen) atoms. The molecule has 0 atom stereocenters. The van der Waals surface area contributed by atoms with E-state index in [2.05, 4.69) is 26.6 Å². The minimum Gasteiger partial charge on any atom is -0.380 e. The number of ether oxygens (including phenoxy) is 1. The highest BCUT2D eigenvalue weighted by Gasteiger charge is 2.45. The minimum absolute atomic E-state index is 0.00477. The van der Waals surface area contributed by atoms with Crippen molar-refractivity contribution in [3.63, 3.8) is 0 Å². The van der Waals surface area contributed by atoms with E-state index in [0.29, 0.717) is 23.9 Å². The first-order chi connectivity index (χ1) is 23.4. The number of carbonyl (C=O) groups is 1. The molecule has 11 heteroatoms. The van der Waals surface area contributed by atoms with Crippen molar-refractivity contribution in [1.82, 2.24) is 19.9 Å². The Balaban J connectivity index is 1.05. The van der Waals surface area contributed by atoms with Gasteiger partial charge in [-0.25, -0.2) is 9.78 Å². The normalized spacial score (nSPS) is 19.7. The summed E-state index contributed by atoms with van der Waals surface area (Å²) in [5.74, 6) is 1.22. The molecule has 2 aromatic heterocycles. The van der Waals surface area contributed by atoms with Gasteiger partial charge in [-0.05, 0) is 67.0 Å². The van der Waals surface area contributed by atoms with Crippen molar-refractivity contribution in [2.45, 2.75) is 50.7 Å². The molecule has 7 rings (SSSR count). The van der Waals surface area contributed by atoms with E-state index in [1.165, 1.54) is 0 Å². The number of amides is 2. The molecule has 2 amide bonds. The number of nitriles is 1. The highest BCUT2D eigenvalue weighted by atomic mass is 16.5. The monoisotopic (exact) mass is 644 g/mol. The number of benzene rings is 2. The van der Waals surface area contributed by atoms with E-state index < -0.39 is 0 Å². The average molecular weight is 645 g/mol. The van der Waals surface area contributed by atoms with Crippen molar-refractivity contribution in [1.29, 1.82) is 5.26 Å². The molecule has 0 radical (unpaired) electrons. The smallest absolute Gasteiger partial charge is 0.322 e. The number of hydrogen-bond donors (Lipinski definition) is 2. The van der Waals surface area contributed by atoms with E-state index in [-0.39, 0.29) is 29.1 Å². The van der Waals surface area contributed by atoms with E-state index in [9.17, 15) is 14.9 Å². The summed E-state index contributed by atoms with van der Waals surface area (Å²) in [5.41, 5.74) is 4.38. The van der Waals surface area contributed by atoms with Crippen LogP contribution in [0.4, 0.5) is 22.2 Å². The van der Waals surface area contributed by atoms with Crippen LogP contribution in [0, 0.1) is 16.7 Å². The predicted molar refractivity (Wildman–Crippen MR) is 185 cm³/mol. The van der Waals surface area contributed by atoms with Gasteiger partial charge in [0.05, 0.1) is 19.4 Å². The van der Waals surface area contributed by atoms with Crippen LogP contribution in [0.2, 0.25) is 0 Å². The Kier molecular flexibility index (Phi) is 8.82. The Morgan fingerprint density at radius 1 is 1.04 bits per heavy atom. The number of aromatic nitrogens is 3. The number of urea groups is 1. The number of pyridine rings is 1. The summed E-state index contributed by atoms with van der Waals surface area (Å²) in [7, 11) is 1.74. The predicted octanol–water partition coefficient (Wildman–Crippen LogP) is 5.08. The summed E-state index contributed by atoms with van der Waals surface area (Å²) >= 11 is 0. The highest BCUT2D eigenvalue weighted by Crippen LogP contribution is 2.40. The second-order valence-electron chi connectivity index (χ2n) is 13.3. The van der Waals surface area contributed by atoms with Crippen LogP contribution in [-0.4, -0.2) is 59.0 Å². The lowest BCUT2D eigenvalue weighted by atomic mass is 9.85. The van der Waals surface area contributed by atoms with Gasteiger partial charge in [-0.3, -0.25) is 9.69 Å². The Bertz CT molecular complexity index is 1860. The fraction of sp³-hybridized carbons (Fsp3) is 0.378.